The number of carbonyl (C=O) groups is 1. The minimum absolute atomic E-state index is 0.181. The second kappa shape index (κ2) is 6.99. The zero-order chi connectivity index (χ0) is 15.2. The maximum absolute atomic E-state index is 11.1. The first-order chi connectivity index (χ1) is 10.2. The van der Waals surface area contributed by atoms with Crippen LogP contribution in [0, 0.1) is 0 Å². The van der Waals surface area contributed by atoms with Crippen LogP contribution in [0.25, 0.3) is 10.9 Å². The second-order valence-electron chi connectivity index (χ2n) is 4.67. The molecule has 0 amide bonds. The number of carboxylic acid groups (broad SMARTS) is 1. The lowest BCUT2D eigenvalue weighted by atomic mass is 10.2. The smallest absolute Gasteiger partial charge is 0.374 e. The molecular formula is C15H20N4O2. The predicted molar refractivity (Wildman–Crippen MR) is 82.8 cm³/mol. The van der Waals surface area contributed by atoms with Gasteiger partial charge in [-0.25, -0.2) is 14.8 Å². The summed E-state index contributed by atoms with van der Waals surface area (Å²) < 4.78 is 0. The van der Waals surface area contributed by atoms with Crippen LogP contribution >= 0.6 is 0 Å². The van der Waals surface area contributed by atoms with Crippen molar-refractivity contribution in [2.75, 3.05) is 31.5 Å². The molecule has 0 unspecified atom stereocenters. The monoisotopic (exact) mass is 288 g/mol. The highest BCUT2D eigenvalue weighted by Gasteiger charge is 2.12. The lowest BCUT2D eigenvalue weighted by Crippen LogP contribution is -2.29. The normalized spacial score (nSPS) is 11.0. The Morgan fingerprint density at radius 2 is 1.95 bits per heavy atom. The number of aromatic nitrogens is 2. The highest BCUT2D eigenvalue weighted by atomic mass is 16.4. The van der Waals surface area contributed by atoms with Gasteiger partial charge in [0, 0.05) is 18.5 Å². The van der Waals surface area contributed by atoms with Crippen molar-refractivity contribution in [3.63, 3.8) is 0 Å². The van der Waals surface area contributed by atoms with Gasteiger partial charge in [-0.3, -0.25) is 0 Å². The molecule has 0 fully saturated rings. The van der Waals surface area contributed by atoms with E-state index in [2.05, 4.69) is 34.0 Å². The first-order valence-corrected chi connectivity index (χ1v) is 7.12. The van der Waals surface area contributed by atoms with Gasteiger partial charge in [0.25, 0.3) is 0 Å². The molecule has 21 heavy (non-hydrogen) atoms. The van der Waals surface area contributed by atoms with Crippen LogP contribution in [0.1, 0.15) is 24.5 Å². The number of fused-ring (bicyclic) bond motifs is 1. The maximum Gasteiger partial charge on any atom is 0.374 e. The fraction of sp³-hybridized carbons (Fsp3) is 0.400. The van der Waals surface area contributed by atoms with Crippen LogP contribution in [0.5, 0.6) is 0 Å². The molecule has 112 valence electrons. The van der Waals surface area contributed by atoms with Crippen LogP contribution < -0.4 is 5.32 Å². The summed E-state index contributed by atoms with van der Waals surface area (Å²) in [6.45, 7) is 7.81. The molecule has 0 aliphatic rings. The zero-order valence-electron chi connectivity index (χ0n) is 12.3. The molecule has 6 nitrogen and oxygen atoms in total. The van der Waals surface area contributed by atoms with Crippen molar-refractivity contribution in [2.24, 2.45) is 0 Å². The number of para-hydroxylation sites is 1. The molecule has 1 heterocycles. The summed E-state index contributed by atoms with van der Waals surface area (Å²) in [7, 11) is 0. The number of benzene rings is 1. The van der Waals surface area contributed by atoms with E-state index < -0.39 is 5.97 Å². The summed E-state index contributed by atoms with van der Waals surface area (Å²) in [6, 6.07) is 7.40. The molecule has 0 aliphatic carbocycles. The Morgan fingerprint density at radius 1 is 1.24 bits per heavy atom. The average Bonchev–Trinajstić information content (AvgIpc) is 2.51. The molecule has 2 rings (SSSR count). The Labute approximate surface area is 123 Å². The van der Waals surface area contributed by atoms with Gasteiger partial charge in [-0.05, 0) is 25.2 Å². The van der Waals surface area contributed by atoms with Crippen LogP contribution in [-0.2, 0) is 0 Å². The van der Waals surface area contributed by atoms with Crippen LogP contribution in [0.4, 0.5) is 5.82 Å². The van der Waals surface area contributed by atoms with Gasteiger partial charge in [-0.15, -0.1) is 0 Å². The standard InChI is InChI=1S/C15H20N4O2/c1-3-19(4-2)10-9-16-13-11-7-5-6-8-12(11)17-14(18-13)15(20)21/h5-8H,3-4,9-10H2,1-2H3,(H,20,21)(H,16,17,18). The van der Waals surface area contributed by atoms with Crippen LogP contribution in [0.15, 0.2) is 24.3 Å². The van der Waals surface area contributed by atoms with Crippen molar-refractivity contribution < 1.29 is 9.90 Å². The molecule has 0 bridgehead atoms. The molecule has 0 saturated heterocycles. The molecule has 0 saturated carbocycles. The SMILES string of the molecule is CCN(CC)CCNc1nc(C(=O)O)nc2ccccc12. The number of rotatable bonds is 7. The summed E-state index contributed by atoms with van der Waals surface area (Å²) >= 11 is 0. The summed E-state index contributed by atoms with van der Waals surface area (Å²) in [4.78, 5) is 21.6. The third kappa shape index (κ3) is 3.66. The molecule has 1 aromatic carbocycles. The topological polar surface area (TPSA) is 78.4 Å². The van der Waals surface area contributed by atoms with E-state index in [1.807, 2.05) is 18.2 Å². The van der Waals surface area contributed by atoms with E-state index in [0.717, 1.165) is 25.0 Å². The molecule has 0 atom stereocenters. The summed E-state index contributed by atoms with van der Waals surface area (Å²) in [5.41, 5.74) is 0.634. The van der Waals surface area contributed by atoms with Gasteiger partial charge in [0.15, 0.2) is 0 Å². The number of nitrogens with zero attached hydrogens (tertiary/aromatic N) is 3. The predicted octanol–water partition coefficient (Wildman–Crippen LogP) is 2.08. The van der Waals surface area contributed by atoms with Crippen molar-refractivity contribution in [3.8, 4) is 0 Å². The Kier molecular flexibility index (Phi) is 5.05. The van der Waals surface area contributed by atoms with E-state index >= 15 is 0 Å². The second-order valence-corrected chi connectivity index (χ2v) is 4.67. The number of hydrogen-bond donors (Lipinski definition) is 2. The van der Waals surface area contributed by atoms with E-state index in [1.54, 1.807) is 6.07 Å². The van der Waals surface area contributed by atoms with Gasteiger partial charge < -0.3 is 15.3 Å². The minimum Gasteiger partial charge on any atom is -0.475 e. The number of hydrogen-bond acceptors (Lipinski definition) is 5. The van der Waals surface area contributed by atoms with Crippen molar-refractivity contribution in [3.05, 3.63) is 30.1 Å². The lowest BCUT2D eigenvalue weighted by Gasteiger charge is -2.18. The Hall–Kier alpha value is -2.21. The van der Waals surface area contributed by atoms with Crippen LogP contribution in [0.3, 0.4) is 0 Å². The summed E-state index contributed by atoms with van der Waals surface area (Å²) in [5.74, 6) is -0.725. The van der Waals surface area contributed by atoms with Crippen LogP contribution in [-0.4, -0.2) is 52.1 Å². The quantitative estimate of drug-likeness (QED) is 0.812. The molecule has 6 heteroatoms. The molecule has 0 radical (unpaired) electrons. The Bertz CT molecular complexity index is 626. The van der Waals surface area contributed by atoms with Gasteiger partial charge >= 0.3 is 5.97 Å². The van der Waals surface area contributed by atoms with Gasteiger partial charge in [-0.1, -0.05) is 26.0 Å². The maximum atomic E-state index is 11.1. The van der Waals surface area contributed by atoms with Crippen molar-refractivity contribution in [1.82, 2.24) is 14.9 Å². The number of nitrogens with one attached hydrogen (secondary N) is 1. The largest absolute Gasteiger partial charge is 0.475 e. The molecule has 0 aliphatic heterocycles. The van der Waals surface area contributed by atoms with Crippen molar-refractivity contribution >= 4 is 22.7 Å². The molecule has 2 aromatic rings. The first kappa shape index (κ1) is 15.2. The van der Waals surface area contributed by atoms with Crippen molar-refractivity contribution in [2.45, 2.75) is 13.8 Å². The Balaban J connectivity index is 2.23. The number of likely N-dealkylation sites (N-methyl/N-ethyl adjacent to an activating group) is 1. The zero-order valence-corrected chi connectivity index (χ0v) is 12.3. The highest BCUT2D eigenvalue weighted by molar-refractivity contribution is 5.93. The van der Waals surface area contributed by atoms with E-state index in [1.165, 1.54) is 0 Å². The summed E-state index contributed by atoms with van der Waals surface area (Å²) in [6.07, 6.45) is 0. The number of carboxylic acids is 1. The first-order valence-electron chi connectivity index (χ1n) is 7.12. The number of aromatic carboxylic acids is 1. The van der Waals surface area contributed by atoms with Crippen molar-refractivity contribution in [1.29, 1.82) is 0 Å². The molecule has 1 aromatic heterocycles. The lowest BCUT2D eigenvalue weighted by molar-refractivity contribution is 0.0684. The van der Waals surface area contributed by atoms with E-state index in [-0.39, 0.29) is 5.82 Å². The fourth-order valence-electron chi connectivity index (χ4n) is 2.18. The van der Waals surface area contributed by atoms with Gasteiger partial charge in [0.1, 0.15) is 5.82 Å². The molecule has 2 N–H and O–H groups in total. The third-order valence-electron chi connectivity index (χ3n) is 3.41. The molecule has 0 spiro atoms. The van der Waals surface area contributed by atoms with Gasteiger partial charge in [0.2, 0.25) is 5.82 Å². The van der Waals surface area contributed by atoms with Gasteiger partial charge in [0.05, 0.1) is 5.52 Å². The minimum atomic E-state index is -1.12. The average molecular weight is 288 g/mol. The van der Waals surface area contributed by atoms with E-state index in [0.29, 0.717) is 17.9 Å². The van der Waals surface area contributed by atoms with Gasteiger partial charge in [-0.2, -0.15) is 0 Å². The van der Waals surface area contributed by atoms with Crippen LogP contribution in [0.2, 0.25) is 0 Å². The summed E-state index contributed by atoms with van der Waals surface area (Å²) in [5, 5.41) is 13.2. The molecular weight excluding hydrogens is 268 g/mol. The number of anilines is 1. The van der Waals surface area contributed by atoms with E-state index in [4.69, 9.17) is 5.11 Å². The fourth-order valence-corrected chi connectivity index (χ4v) is 2.18. The van der Waals surface area contributed by atoms with E-state index in [9.17, 15) is 4.79 Å². The highest BCUT2D eigenvalue weighted by Crippen LogP contribution is 2.19. The Morgan fingerprint density at radius 3 is 2.62 bits per heavy atom. The third-order valence-corrected chi connectivity index (χ3v) is 3.41.